The van der Waals surface area contributed by atoms with Gasteiger partial charge in [-0.05, 0) is 58.7 Å². The Balaban J connectivity index is 0.00000245. The topological polar surface area (TPSA) is 119 Å². The number of fused-ring (bicyclic) bond motifs is 1. The molecule has 4 aromatic rings. The fraction of sp³-hybridized carbons (Fsp3) is 0.429. The van der Waals surface area contributed by atoms with E-state index in [-0.39, 0.29) is 35.3 Å². The van der Waals surface area contributed by atoms with Crippen LogP contribution in [0.3, 0.4) is 0 Å². The number of nitrogens with zero attached hydrogens (tertiary/aromatic N) is 8. The van der Waals surface area contributed by atoms with Crippen LogP contribution >= 0.6 is 12.4 Å². The Bertz CT molecular complexity index is 1230. The summed E-state index contributed by atoms with van der Waals surface area (Å²) in [7, 11) is 0. The SMILES string of the molecule is CC1(C)CC(n2nnc3cc(-c4ccc(-n5cnnc5)cc4O)nnc32)CC(C)(C)N1.Cl. The van der Waals surface area contributed by atoms with Gasteiger partial charge in [0.1, 0.15) is 23.9 Å². The molecule has 0 radical (unpaired) electrons. The molecule has 0 saturated carbocycles. The first-order chi connectivity index (χ1) is 14.7. The molecule has 0 amide bonds. The predicted molar refractivity (Wildman–Crippen MR) is 122 cm³/mol. The molecular weight excluding hydrogens is 430 g/mol. The zero-order valence-corrected chi connectivity index (χ0v) is 19.2. The second-order valence-electron chi connectivity index (χ2n) is 9.50. The molecule has 1 saturated heterocycles. The summed E-state index contributed by atoms with van der Waals surface area (Å²) in [4.78, 5) is 0. The zero-order chi connectivity index (χ0) is 21.8. The minimum Gasteiger partial charge on any atom is -0.507 e. The highest BCUT2D eigenvalue weighted by Crippen LogP contribution is 2.37. The van der Waals surface area contributed by atoms with Crippen molar-refractivity contribution in [1.29, 1.82) is 0 Å². The van der Waals surface area contributed by atoms with E-state index in [1.807, 2.05) is 16.8 Å². The van der Waals surface area contributed by atoms with E-state index in [9.17, 15) is 5.11 Å². The van der Waals surface area contributed by atoms with Crippen molar-refractivity contribution in [3.63, 3.8) is 0 Å². The van der Waals surface area contributed by atoms with Crippen LogP contribution in [-0.2, 0) is 0 Å². The van der Waals surface area contributed by atoms with Gasteiger partial charge >= 0.3 is 0 Å². The van der Waals surface area contributed by atoms with E-state index in [2.05, 4.69) is 63.7 Å². The lowest BCUT2D eigenvalue weighted by molar-refractivity contribution is 0.127. The molecule has 0 spiro atoms. The molecule has 10 nitrogen and oxygen atoms in total. The van der Waals surface area contributed by atoms with E-state index in [1.54, 1.807) is 29.4 Å². The Labute approximate surface area is 191 Å². The minimum absolute atomic E-state index is 0. The van der Waals surface area contributed by atoms with Gasteiger partial charge < -0.3 is 10.4 Å². The normalized spacial score (nSPS) is 17.9. The van der Waals surface area contributed by atoms with Gasteiger partial charge in [-0.25, -0.2) is 4.68 Å². The van der Waals surface area contributed by atoms with Gasteiger partial charge in [-0.15, -0.1) is 37.9 Å². The summed E-state index contributed by atoms with van der Waals surface area (Å²) in [6, 6.07) is 7.29. The number of phenolic OH excluding ortho intramolecular Hbond substituents is 1. The first-order valence-corrected chi connectivity index (χ1v) is 10.3. The highest BCUT2D eigenvalue weighted by Gasteiger charge is 2.39. The van der Waals surface area contributed by atoms with Crippen LogP contribution in [0.2, 0.25) is 0 Å². The summed E-state index contributed by atoms with van der Waals surface area (Å²) >= 11 is 0. The smallest absolute Gasteiger partial charge is 0.201 e. The maximum Gasteiger partial charge on any atom is 0.201 e. The van der Waals surface area contributed by atoms with Crippen LogP contribution in [0, 0.1) is 0 Å². The molecule has 0 bridgehead atoms. The maximum atomic E-state index is 10.6. The van der Waals surface area contributed by atoms with Crippen LogP contribution in [0.4, 0.5) is 0 Å². The Morgan fingerprint density at radius 1 is 0.969 bits per heavy atom. The number of rotatable bonds is 3. The molecule has 0 atom stereocenters. The van der Waals surface area contributed by atoms with Gasteiger partial charge in [0.05, 0.1) is 17.4 Å². The molecular formula is C21H26ClN9O. The third-order valence-electron chi connectivity index (χ3n) is 5.71. The minimum atomic E-state index is -0.0175. The average Bonchev–Trinajstić information content (AvgIpc) is 3.35. The van der Waals surface area contributed by atoms with E-state index in [1.165, 1.54) is 0 Å². The van der Waals surface area contributed by atoms with Crippen LogP contribution in [0.5, 0.6) is 5.75 Å². The van der Waals surface area contributed by atoms with E-state index >= 15 is 0 Å². The number of piperidine rings is 1. The van der Waals surface area contributed by atoms with Gasteiger partial charge in [0.2, 0.25) is 5.65 Å². The van der Waals surface area contributed by atoms with E-state index in [0.29, 0.717) is 22.4 Å². The van der Waals surface area contributed by atoms with E-state index in [0.717, 1.165) is 18.5 Å². The molecule has 1 aromatic carbocycles. The number of nitrogens with one attached hydrogen (secondary N) is 1. The van der Waals surface area contributed by atoms with Crippen LogP contribution in [-0.4, -0.2) is 56.1 Å². The number of aromatic hydroxyl groups is 1. The first kappa shape index (κ1) is 22.1. The predicted octanol–water partition coefficient (Wildman–Crippen LogP) is 3.08. The molecule has 2 N–H and O–H groups in total. The third-order valence-corrected chi connectivity index (χ3v) is 5.71. The second kappa shape index (κ2) is 7.79. The summed E-state index contributed by atoms with van der Waals surface area (Å²) < 4.78 is 3.61. The highest BCUT2D eigenvalue weighted by atomic mass is 35.5. The van der Waals surface area contributed by atoms with Gasteiger partial charge in [0.15, 0.2) is 0 Å². The van der Waals surface area contributed by atoms with Crippen molar-refractivity contribution in [1.82, 2.24) is 45.3 Å². The lowest BCUT2D eigenvalue weighted by Crippen LogP contribution is -2.58. The van der Waals surface area contributed by atoms with Crippen molar-refractivity contribution >= 4 is 23.6 Å². The number of aromatic nitrogens is 8. The molecule has 5 rings (SSSR count). The largest absolute Gasteiger partial charge is 0.507 e. The Morgan fingerprint density at radius 2 is 1.66 bits per heavy atom. The van der Waals surface area contributed by atoms with Crippen molar-refractivity contribution < 1.29 is 5.11 Å². The Hall–Kier alpha value is -3.11. The second-order valence-corrected chi connectivity index (χ2v) is 9.50. The quantitative estimate of drug-likeness (QED) is 0.483. The molecule has 11 heteroatoms. The Morgan fingerprint density at radius 3 is 2.31 bits per heavy atom. The fourth-order valence-electron chi connectivity index (χ4n) is 4.80. The molecule has 1 aliphatic heterocycles. The van der Waals surface area contributed by atoms with Crippen LogP contribution in [0.25, 0.3) is 28.1 Å². The van der Waals surface area contributed by atoms with Gasteiger partial charge in [-0.1, -0.05) is 5.21 Å². The summed E-state index contributed by atoms with van der Waals surface area (Å²) in [5.74, 6) is 0.0918. The van der Waals surface area contributed by atoms with E-state index in [4.69, 9.17) is 0 Å². The van der Waals surface area contributed by atoms with Crippen molar-refractivity contribution in [3.05, 3.63) is 36.9 Å². The molecule has 1 aliphatic rings. The summed E-state index contributed by atoms with van der Waals surface area (Å²) in [6.45, 7) is 8.82. The lowest BCUT2D eigenvalue weighted by atomic mass is 9.80. The van der Waals surface area contributed by atoms with Gasteiger partial charge in [0, 0.05) is 22.7 Å². The van der Waals surface area contributed by atoms with Crippen LogP contribution < -0.4 is 5.32 Å². The maximum absolute atomic E-state index is 10.6. The standard InChI is InChI=1S/C21H25N9O.ClH/c1-20(2)9-14(10-21(3,4)27-20)30-19-17(25-28-30)8-16(24-26-19)15-6-5-13(7-18(15)31)29-11-22-23-12-29;/h5-8,11-12,14,27,31H,9-10H2,1-4H3;1H. The summed E-state index contributed by atoms with van der Waals surface area (Å²) in [5, 5.41) is 39.4. The van der Waals surface area contributed by atoms with Gasteiger partial charge in [-0.2, -0.15) is 0 Å². The summed E-state index contributed by atoms with van der Waals surface area (Å²) in [6.07, 6.45) is 4.98. The number of hydrogen-bond donors (Lipinski definition) is 2. The summed E-state index contributed by atoms with van der Waals surface area (Å²) in [5.41, 5.74) is 3.14. The molecule has 168 valence electrons. The molecule has 4 heterocycles. The number of halogens is 1. The van der Waals surface area contributed by atoms with Gasteiger partial charge in [0.25, 0.3) is 0 Å². The van der Waals surface area contributed by atoms with Crippen molar-refractivity contribution in [2.45, 2.75) is 57.7 Å². The number of phenols is 1. The Kier molecular flexibility index (Phi) is 5.38. The van der Waals surface area contributed by atoms with Crippen molar-refractivity contribution in [2.24, 2.45) is 0 Å². The molecule has 0 aliphatic carbocycles. The van der Waals surface area contributed by atoms with Gasteiger partial charge in [-0.3, -0.25) is 4.57 Å². The molecule has 32 heavy (non-hydrogen) atoms. The van der Waals surface area contributed by atoms with Crippen molar-refractivity contribution in [2.75, 3.05) is 0 Å². The first-order valence-electron chi connectivity index (χ1n) is 10.3. The number of hydrogen-bond acceptors (Lipinski definition) is 8. The number of benzene rings is 1. The molecule has 1 fully saturated rings. The molecule has 3 aromatic heterocycles. The third kappa shape index (κ3) is 4.03. The van der Waals surface area contributed by atoms with Crippen LogP contribution in [0.15, 0.2) is 36.9 Å². The monoisotopic (exact) mass is 455 g/mol. The van der Waals surface area contributed by atoms with Crippen molar-refractivity contribution in [3.8, 4) is 22.7 Å². The van der Waals surface area contributed by atoms with Crippen LogP contribution in [0.1, 0.15) is 46.6 Å². The highest BCUT2D eigenvalue weighted by molar-refractivity contribution is 5.85. The fourth-order valence-corrected chi connectivity index (χ4v) is 4.80. The average molecular weight is 456 g/mol. The zero-order valence-electron chi connectivity index (χ0n) is 18.4. The van der Waals surface area contributed by atoms with E-state index < -0.39 is 0 Å². The molecule has 0 unspecified atom stereocenters. The lowest BCUT2D eigenvalue weighted by Gasteiger charge is -2.46.